The number of nitrogens with zero attached hydrogens (tertiary/aromatic N) is 6. The number of fused-ring (bicyclic) bond motifs is 4. The molecule has 3 N–H and O–H groups in total. The SMILES string of the molecule is CC(C)(O)[C@H](F)CNC(=O)c1cnc(-c2ccc3cc(C#N)cnn23)cc1NC12CCC(c3nnc(C(F)F)o3)(CC1)OC2. The molecule has 1 aliphatic carbocycles. The highest BCUT2D eigenvalue weighted by molar-refractivity contribution is 6.00. The van der Waals surface area contributed by atoms with Gasteiger partial charge < -0.3 is 24.9 Å². The topological polar surface area (TPSA) is 163 Å². The van der Waals surface area contributed by atoms with Crippen LogP contribution < -0.4 is 10.6 Å². The summed E-state index contributed by atoms with van der Waals surface area (Å²) >= 11 is 0. The van der Waals surface area contributed by atoms with Crippen molar-refractivity contribution in [1.82, 2.24) is 30.1 Å². The van der Waals surface area contributed by atoms with Crippen LogP contribution in [0.5, 0.6) is 0 Å². The number of hydrogen-bond acceptors (Lipinski definition) is 10. The van der Waals surface area contributed by atoms with Crippen LogP contribution in [0.4, 0.5) is 18.9 Å². The minimum absolute atomic E-state index is 0.0205. The molecule has 0 radical (unpaired) electrons. The van der Waals surface area contributed by atoms with Crippen molar-refractivity contribution in [3.8, 4) is 17.5 Å². The average Bonchev–Trinajstić information content (AvgIpc) is 3.68. The maximum absolute atomic E-state index is 14.5. The lowest BCUT2D eigenvalue weighted by atomic mass is 9.71. The molecule has 3 fully saturated rings. The molecule has 44 heavy (non-hydrogen) atoms. The van der Waals surface area contributed by atoms with Gasteiger partial charge in [-0.05, 0) is 63.8 Å². The Balaban J connectivity index is 1.30. The van der Waals surface area contributed by atoms with Gasteiger partial charge in [0.05, 0.1) is 64.2 Å². The van der Waals surface area contributed by atoms with E-state index in [0.717, 1.165) is 0 Å². The number of anilines is 1. The number of ether oxygens (including phenoxy) is 1. The number of carbonyl (C=O) groups is 1. The van der Waals surface area contributed by atoms with Crippen molar-refractivity contribution in [1.29, 1.82) is 5.26 Å². The lowest BCUT2D eigenvalue weighted by Crippen LogP contribution is -2.57. The van der Waals surface area contributed by atoms with Crippen LogP contribution in [0.2, 0.25) is 0 Å². The van der Waals surface area contributed by atoms with E-state index in [-0.39, 0.29) is 18.1 Å². The number of carbonyl (C=O) groups excluding carboxylic acids is 1. The molecular formula is C29H29F3N8O4. The van der Waals surface area contributed by atoms with Gasteiger partial charge in [-0.2, -0.15) is 19.1 Å². The van der Waals surface area contributed by atoms with Crippen LogP contribution in [0.25, 0.3) is 16.9 Å². The second-order valence-electron chi connectivity index (χ2n) is 11.8. The lowest BCUT2D eigenvalue weighted by molar-refractivity contribution is -0.166. The Morgan fingerprint density at radius 3 is 2.59 bits per heavy atom. The zero-order valence-electron chi connectivity index (χ0n) is 23.9. The zero-order chi connectivity index (χ0) is 31.3. The summed E-state index contributed by atoms with van der Waals surface area (Å²) in [6, 6.07) is 9.03. The van der Waals surface area contributed by atoms with Gasteiger partial charge in [0.25, 0.3) is 11.8 Å². The molecule has 1 saturated carbocycles. The minimum atomic E-state index is -2.89. The van der Waals surface area contributed by atoms with Gasteiger partial charge in [0.1, 0.15) is 17.8 Å². The highest BCUT2D eigenvalue weighted by atomic mass is 19.3. The van der Waals surface area contributed by atoms with Crippen molar-refractivity contribution in [3.63, 3.8) is 0 Å². The van der Waals surface area contributed by atoms with E-state index in [1.165, 1.54) is 26.2 Å². The van der Waals surface area contributed by atoms with Crippen molar-refractivity contribution in [2.75, 3.05) is 18.5 Å². The van der Waals surface area contributed by atoms with Gasteiger partial charge in [-0.3, -0.25) is 9.78 Å². The molecule has 0 unspecified atom stereocenters. The van der Waals surface area contributed by atoms with Gasteiger partial charge in [-0.15, -0.1) is 10.2 Å². The predicted octanol–water partition coefficient (Wildman–Crippen LogP) is 4.08. The second-order valence-corrected chi connectivity index (χ2v) is 11.8. The van der Waals surface area contributed by atoms with Crippen LogP contribution in [-0.2, 0) is 10.3 Å². The van der Waals surface area contributed by atoms with Crippen molar-refractivity contribution >= 4 is 17.1 Å². The average molecular weight is 611 g/mol. The summed E-state index contributed by atoms with van der Waals surface area (Å²) in [5, 5.41) is 36.8. The molecule has 2 aliphatic heterocycles. The van der Waals surface area contributed by atoms with Crippen LogP contribution in [0, 0.1) is 11.3 Å². The first-order valence-corrected chi connectivity index (χ1v) is 14.0. The van der Waals surface area contributed by atoms with Gasteiger partial charge in [0, 0.05) is 6.20 Å². The molecule has 4 aromatic rings. The summed E-state index contributed by atoms with van der Waals surface area (Å²) < 4.78 is 53.6. The molecule has 2 saturated heterocycles. The van der Waals surface area contributed by atoms with Crippen LogP contribution in [-0.4, -0.2) is 66.3 Å². The smallest absolute Gasteiger partial charge is 0.314 e. The summed E-state index contributed by atoms with van der Waals surface area (Å²) in [5.41, 5.74) is -0.530. The molecule has 2 bridgehead atoms. The van der Waals surface area contributed by atoms with Crippen LogP contribution in [0.3, 0.4) is 0 Å². The molecule has 0 spiro atoms. The highest BCUT2D eigenvalue weighted by Crippen LogP contribution is 2.50. The number of aromatic nitrogens is 5. The fourth-order valence-corrected chi connectivity index (χ4v) is 5.59. The molecule has 6 heterocycles. The van der Waals surface area contributed by atoms with Crippen LogP contribution >= 0.6 is 0 Å². The van der Waals surface area contributed by atoms with E-state index in [9.17, 15) is 28.3 Å². The van der Waals surface area contributed by atoms with Gasteiger partial charge in [0.15, 0.2) is 0 Å². The lowest BCUT2D eigenvalue weighted by Gasteiger charge is -2.52. The molecule has 12 nitrogen and oxygen atoms in total. The van der Waals surface area contributed by atoms with Crippen LogP contribution in [0.1, 0.15) is 73.7 Å². The standard InChI is InChI=1S/C29H29F3N8O4/c1-27(2,42)22(30)14-35-24(41)18-13-34-20(21-4-3-17-9-16(11-33)12-36-40(17)21)10-19(18)37-28-5-7-29(8-6-28,43-15-28)26-39-38-25(44-26)23(31)32/h3-4,9-10,12-13,22-23,42H,5-8,14-15H2,1-2H3,(H,34,37)(H,35,41)/t22-,28?,29?/m1/s1. The Hall–Kier alpha value is -4.55. The first-order valence-electron chi connectivity index (χ1n) is 14.0. The van der Waals surface area contributed by atoms with E-state index >= 15 is 0 Å². The predicted molar refractivity (Wildman–Crippen MR) is 148 cm³/mol. The van der Waals surface area contributed by atoms with Crippen molar-refractivity contribution in [2.45, 2.75) is 68.9 Å². The summed E-state index contributed by atoms with van der Waals surface area (Å²) in [5.74, 6) is -1.33. The highest BCUT2D eigenvalue weighted by Gasteiger charge is 2.54. The monoisotopic (exact) mass is 610 g/mol. The number of nitrogens with one attached hydrogen (secondary N) is 2. The van der Waals surface area contributed by atoms with Crippen LogP contribution in [0.15, 0.2) is 41.1 Å². The number of pyridine rings is 1. The summed E-state index contributed by atoms with van der Waals surface area (Å²) in [4.78, 5) is 17.8. The normalized spacial score (nSPS) is 22.2. The zero-order valence-corrected chi connectivity index (χ0v) is 23.9. The minimum Gasteiger partial charge on any atom is -0.417 e. The summed E-state index contributed by atoms with van der Waals surface area (Å²) in [7, 11) is 0. The van der Waals surface area contributed by atoms with Crippen molar-refractivity contribution < 1.29 is 32.2 Å². The quantitative estimate of drug-likeness (QED) is 0.252. The van der Waals surface area contributed by atoms with E-state index in [2.05, 4.69) is 37.0 Å². The Bertz CT molecular complexity index is 1730. The van der Waals surface area contributed by atoms with E-state index < -0.39 is 47.7 Å². The molecule has 230 valence electrons. The van der Waals surface area contributed by atoms with Crippen molar-refractivity contribution in [3.05, 3.63) is 59.6 Å². The fourth-order valence-electron chi connectivity index (χ4n) is 5.59. The van der Waals surface area contributed by atoms with E-state index in [1.807, 2.05) is 0 Å². The number of hydrogen-bond donors (Lipinski definition) is 3. The first kappa shape index (κ1) is 29.5. The third-order valence-electron chi connectivity index (χ3n) is 8.31. The Morgan fingerprint density at radius 1 is 1.18 bits per heavy atom. The third kappa shape index (κ3) is 5.35. The van der Waals surface area contributed by atoms with Gasteiger partial charge in [0.2, 0.25) is 5.89 Å². The van der Waals surface area contributed by atoms with E-state index in [4.69, 9.17) is 9.15 Å². The van der Waals surface area contributed by atoms with E-state index in [1.54, 1.807) is 28.8 Å². The Kier molecular flexibility index (Phi) is 7.29. The summed E-state index contributed by atoms with van der Waals surface area (Å²) in [6.07, 6.45) is 0.120. The third-order valence-corrected chi connectivity index (χ3v) is 8.31. The second kappa shape index (κ2) is 10.9. The van der Waals surface area contributed by atoms with E-state index in [0.29, 0.717) is 53.8 Å². The number of nitriles is 1. The number of aliphatic hydroxyl groups is 1. The molecule has 4 aromatic heterocycles. The van der Waals surface area contributed by atoms with Gasteiger partial charge in [-0.1, -0.05) is 0 Å². The molecule has 3 aliphatic rings. The Morgan fingerprint density at radius 2 is 1.95 bits per heavy atom. The molecular weight excluding hydrogens is 581 g/mol. The van der Waals surface area contributed by atoms with Crippen molar-refractivity contribution in [2.24, 2.45) is 0 Å². The molecule has 15 heteroatoms. The Labute approximate surface area is 249 Å². The fraction of sp³-hybridized carbons (Fsp3) is 0.448. The number of amides is 1. The largest absolute Gasteiger partial charge is 0.417 e. The summed E-state index contributed by atoms with van der Waals surface area (Å²) in [6.45, 7) is 2.38. The van der Waals surface area contributed by atoms with Gasteiger partial charge in [-0.25, -0.2) is 8.91 Å². The number of alkyl halides is 3. The number of rotatable bonds is 9. The number of halogens is 3. The molecule has 1 atom stereocenters. The molecule has 1 amide bonds. The van der Waals surface area contributed by atoms with Gasteiger partial charge >= 0.3 is 6.43 Å². The molecule has 0 aromatic carbocycles. The first-order chi connectivity index (χ1) is 20.9. The molecule has 7 rings (SSSR count). The maximum atomic E-state index is 14.5. The maximum Gasteiger partial charge on any atom is 0.314 e.